The van der Waals surface area contributed by atoms with Crippen molar-refractivity contribution >= 4 is 26.8 Å². The van der Waals surface area contributed by atoms with Crippen molar-refractivity contribution in [3.63, 3.8) is 0 Å². The molecule has 0 saturated carbocycles. The Morgan fingerprint density at radius 3 is 2.55 bits per heavy atom. The highest BCUT2D eigenvalue weighted by atomic mass is 32.2. The molecule has 0 aliphatic heterocycles. The summed E-state index contributed by atoms with van der Waals surface area (Å²) in [5, 5.41) is 3.50. The number of fused-ring (bicyclic) bond motifs is 1. The average Bonchev–Trinajstić information content (AvgIpc) is 2.57. The van der Waals surface area contributed by atoms with Gasteiger partial charge in [-0.2, -0.15) is 0 Å². The summed E-state index contributed by atoms with van der Waals surface area (Å²) in [7, 11) is -3.53. The maximum atomic E-state index is 12.8. The van der Waals surface area contributed by atoms with E-state index in [0.717, 1.165) is 10.9 Å². The predicted molar refractivity (Wildman–Crippen MR) is 113 cm³/mol. The molecule has 0 aliphatic carbocycles. The number of pyridine rings is 1. The molecule has 0 radical (unpaired) electrons. The molecule has 29 heavy (non-hydrogen) atoms. The van der Waals surface area contributed by atoms with Gasteiger partial charge in [0.2, 0.25) is 0 Å². The second-order valence-corrected chi connectivity index (χ2v) is 10.4. The molecular weight excluding hydrogens is 392 g/mol. The standard InChI is InChI=1S/C21H30N2O5S/c1-15(2)27-12-18(23-20(24)28-21(3,4)5)14-29(25,26)13-16-10-17-8-6-7-9-19(17)22-11-16/h6-11,15,18H,12-14H2,1-5H3,(H,23,24)/t18-/m0/s1. The van der Waals surface area contributed by atoms with Crippen LogP contribution in [0.2, 0.25) is 0 Å². The van der Waals surface area contributed by atoms with Gasteiger partial charge in [-0.05, 0) is 52.3 Å². The van der Waals surface area contributed by atoms with Gasteiger partial charge >= 0.3 is 6.09 Å². The molecule has 1 aromatic carbocycles. The van der Waals surface area contributed by atoms with Crippen molar-refractivity contribution in [1.29, 1.82) is 0 Å². The Kier molecular flexibility index (Phi) is 7.60. The van der Waals surface area contributed by atoms with Gasteiger partial charge < -0.3 is 14.8 Å². The molecule has 0 bridgehead atoms. The second kappa shape index (κ2) is 9.54. The summed E-state index contributed by atoms with van der Waals surface area (Å²) in [5.41, 5.74) is 0.733. The number of sulfone groups is 1. The van der Waals surface area contributed by atoms with Crippen molar-refractivity contribution in [3.05, 3.63) is 42.1 Å². The summed E-state index contributed by atoms with van der Waals surface area (Å²) in [4.78, 5) is 16.4. The molecule has 1 heterocycles. The number of rotatable bonds is 8. The molecule has 0 unspecified atom stereocenters. The number of carbonyl (C=O) groups is 1. The van der Waals surface area contributed by atoms with E-state index in [4.69, 9.17) is 9.47 Å². The topological polar surface area (TPSA) is 94.6 Å². The molecule has 2 rings (SSSR count). The second-order valence-electron chi connectivity index (χ2n) is 8.32. The first-order chi connectivity index (χ1) is 13.4. The zero-order chi connectivity index (χ0) is 21.7. The number of alkyl carbamates (subject to hydrolysis) is 1. The lowest BCUT2D eigenvalue weighted by atomic mass is 10.2. The third kappa shape index (κ3) is 8.37. The lowest BCUT2D eigenvalue weighted by molar-refractivity contribution is 0.0378. The smallest absolute Gasteiger partial charge is 0.407 e. The Hall–Kier alpha value is -2.19. The van der Waals surface area contributed by atoms with Crippen LogP contribution in [0.3, 0.4) is 0 Å². The van der Waals surface area contributed by atoms with Gasteiger partial charge in [0.1, 0.15) is 5.60 Å². The van der Waals surface area contributed by atoms with Crippen LogP contribution in [0.1, 0.15) is 40.2 Å². The van der Waals surface area contributed by atoms with Gasteiger partial charge in [0.25, 0.3) is 0 Å². The SMILES string of the molecule is CC(C)OC[C@@H](CS(=O)(=O)Cc1cnc2ccccc2c1)NC(=O)OC(C)(C)C. The van der Waals surface area contributed by atoms with Crippen LogP contribution < -0.4 is 5.32 Å². The minimum Gasteiger partial charge on any atom is -0.444 e. The Bertz CT molecular complexity index is 935. The van der Waals surface area contributed by atoms with E-state index in [1.807, 2.05) is 44.2 Å². The van der Waals surface area contributed by atoms with E-state index in [9.17, 15) is 13.2 Å². The first-order valence-electron chi connectivity index (χ1n) is 9.59. The number of ether oxygens (including phenoxy) is 2. The predicted octanol–water partition coefficient (Wildman–Crippen LogP) is 3.47. The van der Waals surface area contributed by atoms with Crippen LogP contribution >= 0.6 is 0 Å². The summed E-state index contributed by atoms with van der Waals surface area (Å²) in [5.74, 6) is -0.426. The zero-order valence-electron chi connectivity index (χ0n) is 17.6. The zero-order valence-corrected chi connectivity index (χ0v) is 18.5. The van der Waals surface area contributed by atoms with Crippen molar-refractivity contribution in [2.45, 2.75) is 58.1 Å². The summed E-state index contributed by atoms with van der Waals surface area (Å²) in [6.45, 7) is 9.01. The van der Waals surface area contributed by atoms with Crippen molar-refractivity contribution in [2.75, 3.05) is 12.4 Å². The molecule has 1 aromatic heterocycles. The minimum absolute atomic E-state index is 0.0755. The number of para-hydroxylation sites is 1. The highest BCUT2D eigenvalue weighted by molar-refractivity contribution is 7.90. The summed E-state index contributed by atoms with van der Waals surface area (Å²) >= 11 is 0. The quantitative estimate of drug-likeness (QED) is 0.700. The van der Waals surface area contributed by atoms with Gasteiger partial charge in [0, 0.05) is 11.6 Å². The van der Waals surface area contributed by atoms with Gasteiger partial charge in [-0.15, -0.1) is 0 Å². The highest BCUT2D eigenvalue weighted by Gasteiger charge is 2.25. The number of hydrogen-bond acceptors (Lipinski definition) is 6. The first-order valence-corrected chi connectivity index (χ1v) is 11.4. The molecular formula is C21H30N2O5S. The summed E-state index contributed by atoms with van der Waals surface area (Å²) in [6, 6.07) is 8.63. The van der Waals surface area contributed by atoms with Crippen LogP contribution in [0.25, 0.3) is 10.9 Å². The molecule has 0 spiro atoms. The average molecular weight is 423 g/mol. The van der Waals surface area contributed by atoms with Gasteiger partial charge in [-0.1, -0.05) is 18.2 Å². The fourth-order valence-electron chi connectivity index (χ4n) is 2.73. The molecule has 0 saturated heterocycles. The summed E-state index contributed by atoms with van der Waals surface area (Å²) < 4.78 is 36.4. The van der Waals surface area contributed by atoms with Crippen LogP contribution in [-0.4, -0.2) is 49.6 Å². The minimum atomic E-state index is -3.53. The van der Waals surface area contributed by atoms with E-state index < -0.39 is 27.6 Å². The molecule has 1 N–H and O–H groups in total. The Balaban J connectivity index is 2.10. The molecule has 0 fully saturated rings. The van der Waals surface area contributed by atoms with Crippen LogP contribution in [0, 0.1) is 0 Å². The highest BCUT2D eigenvalue weighted by Crippen LogP contribution is 2.16. The number of nitrogens with zero attached hydrogens (tertiary/aromatic N) is 1. The van der Waals surface area contributed by atoms with Crippen molar-refractivity contribution < 1.29 is 22.7 Å². The van der Waals surface area contributed by atoms with E-state index in [-0.39, 0.29) is 24.2 Å². The molecule has 0 aliphatic rings. The van der Waals surface area contributed by atoms with E-state index >= 15 is 0 Å². The van der Waals surface area contributed by atoms with Crippen LogP contribution in [0.5, 0.6) is 0 Å². The van der Waals surface area contributed by atoms with E-state index in [1.54, 1.807) is 27.0 Å². The number of hydrogen-bond donors (Lipinski definition) is 1. The van der Waals surface area contributed by atoms with E-state index in [2.05, 4.69) is 10.3 Å². The maximum absolute atomic E-state index is 12.8. The number of amides is 1. The van der Waals surface area contributed by atoms with Gasteiger partial charge in [0.15, 0.2) is 9.84 Å². The van der Waals surface area contributed by atoms with E-state index in [0.29, 0.717) is 5.56 Å². The fourth-order valence-corrected chi connectivity index (χ4v) is 4.31. The number of nitrogens with one attached hydrogen (secondary N) is 1. The number of aromatic nitrogens is 1. The lowest BCUT2D eigenvalue weighted by Crippen LogP contribution is -2.45. The first kappa shape index (κ1) is 23.1. The van der Waals surface area contributed by atoms with Crippen molar-refractivity contribution in [1.82, 2.24) is 10.3 Å². The monoisotopic (exact) mass is 422 g/mol. The molecule has 8 heteroatoms. The van der Waals surface area contributed by atoms with Gasteiger partial charge in [0.05, 0.1) is 35.8 Å². The molecule has 2 aromatic rings. The molecule has 1 amide bonds. The van der Waals surface area contributed by atoms with Crippen molar-refractivity contribution in [2.24, 2.45) is 0 Å². The maximum Gasteiger partial charge on any atom is 0.407 e. The molecule has 160 valence electrons. The third-order valence-electron chi connectivity index (χ3n) is 3.84. The number of carbonyl (C=O) groups excluding carboxylic acids is 1. The van der Waals surface area contributed by atoms with Gasteiger partial charge in [-0.3, -0.25) is 4.98 Å². The Labute approximate surface area is 172 Å². The normalized spacial score (nSPS) is 13.4. The number of benzene rings is 1. The van der Waals surface area contributed by atoms with Crippen LogP contribution in [0.15, 0.2) is 36.5 Å². The van der Waals surface area contributed by atoms with E-state index in [1.165, 1.54) is 0 Å². The molecule has 7 nitrogen and oxygen atoms in total. The largest absolute Gasteiger partial charge is 0.444 e. The Morgan fingerprint density at radius 1 is 1.21 bits per heavy atom. The third-order valence-corrected chi connectivity index (χ3v) is 5.52. The fraction of sp³-hybridized carbons (Fsp3) is 0.524. The van der Waals surface area contributed by atoms with Gasteiger partial charge in [-0.25, -0.2) is 13.2 Å². The summed E-state index contributed by atoms with van der Waals surface area (Å²) in [6.07, 6.45) is 0.809. The van der Waals surface area contributed by atoms with Crippen LogP contribution in [-0.2, 0) is 25.1 Å². The molecule has 1 atom stereocenters. The Morgan fingerprint density at radius 2 is 1.90 bits per heavy atom. The van der Waals surface area contributed by atoms with Crippen LogP contribution in [0.4, 0.5) is 4.79 Å². The lowest BCUT2D eigenvalue weighted by Gasteiger charge is -2.24. The van der Waals surface area contributed by atoms with Crippen molar-refractivity contribution in [3.8, 4) is 0 Å².